The third kappa shape index (κ3) is 11.6. The third-order valence-electron chi connectivity index (χ3n) is 4.49. The lowest BCUT2D eigenvalue weighted by molar-refractivity contribution is 0.0241. The van der Waals surface area contributed by atoms with E-state index in [1.54, 1.807) is 40.6 Å². The van der Waals surface area contributed by atoms with Gasteiger partial charge in [0, 0.05) is 41.7 Å². The second-order valence-electron chi connectivity index (χ2n) is 7.18. The van der Waals surface area contributed by atoms with Crippen molar-refractivity contribution in [2.24, 2.45) is 0 Å². The number of hydrogen-bond acceptors (Lipinski definition) is 8. The second kappa shape index (κ2) is 18.7. The molecule has 0 amide bonds. The maximum atomic E-state index is 13.2. The van der Waals surface area contributed by atoms with Gasteiger partial charge in [0.2, 0.25) is 0 Å². The number of ether oxygens (including phenoxy) is 8. The van der Waals surface area contributed by atoms with Crippen LogP contribution in [0, 0.1) is 5.82 Å². The van der Waals surface area contributed by atoms with Crippen LogP contribution in [0.1, 0.15) is 13.8 Å². The summed E-state index contributed by atoms with van der Waals surface area (Å²) in [5.74, 6) is 1.85. The Hall–Kier alpha value is -2.59. The Morgan fingerprint density at radius 2 is 1.17 bits per heavy atom. The van der Waals surface area contributed by atoms with Crippen LogP contribution in [0.25, 0.3) is 0 Å². The van der Waals surface area contributed by atoms with Crippen LogP contribution in [0.4, 0.5) is 4.39 Å². The number of hydrogen-bond donors (Lipinski definition) is 0. The summed E-state index contributed by atoms with van der Waals surface area (Å²) in [5.41, 5.74) is 0. The molecule has 0 saturated heterocycles. The van der Waals surface area contributed by atoms with Crippen molar-refractivity contribution in [2.45, 2.75) is 26.1 Å². The molecule has 2 aliphatic rings. The minimum absolute atomic E-state index is 0.0138. The molecule has 2 heterocycles. The van der Waals surface area contributed by atoms with Gasteiger partial charge in [-0.05, 0) is 38.1 Å². The minimum atomic E-state index is -0.400. The fraction of sp³-hybridized carbons (Fsp3) is 0.538. The molecular formula is C26H39FO8. The zero-order valence-corrected chi connectivity index (χ0v) is 21.6. The topological polar surface area (TPSA) is 73.8 Å². The summed E-state index contributed by atoms with van der Waals surface area (Å²) in [5, 5.41) is 0. The summed E-state index contributed by atoms with van der Waals surface area (Å²) >= 11 is 0. The molecule has 2 aromatic rings. The van der Waals surface area contributed by atoms with E-state index in [0.29, 0.717) is 32.2 Å². The van der Waals surface area contributed by atoms with E-state index in [9.17, 15) is 4.39 Å². The van der Waals surface area contributed by atoms with Crippen molar-refractivity contribution in [3.05, 3.63) is 48.3 Å². The first-order valence-electron chi connectivity index (χ1n) is 11.5. The molecule has 4 rings (SSSR count). The third-order valence-corrected chi connectivity index (χ3v) is 4.49. The lowest BCUT2D eigenvalue weighted by Gasteiger charge is -2.25. The molecule has 35 heavy (non-hydrogen) atoms. The van der Waals surface area contributed by atoms with E-state index in [2.05, 4.69) is 9.47 Å². The quantitative estimate of drug-likeness (QED) is 0.581. The molecule has 0 N–H and O–H groups in total. The number of halogens is 1. The Morgan fingerprint density at radius 3 is 1.71 bits per heavy atom. The van der Waals surface area contributed by atoms with Crippen molar-refractivity contribution in [3.63, 3.8) is 0 Å². The molecular weight excluding hydrogens is 459 g/mol. The molecule has 0 saturated carbocycles. The van der Waals surface area contributed by atoms with Crippen molar-refractivity contribution in [3.8, 4) is 23.0 Å². The van der Waals surface area contributed by atoms with Gasteiger partial charge in [-0.2, -0.15) is 0 Å². The Balaban J connectivity index is 0.000000270. The van der Waals surface area contributed by atoms with Gasteiger partial charge in [0.15, 0.2) is 41.0 Å². The van der Waals surface area contributed by atoms with Gasteiger partial charge in [-0.3, -0.25) is 0 Å². The van der Waals surface area contributed by atoms with Crippen molar-refractivity contribution >= 4 is 0 Å². The predicted molar refractivity (Wildman–Crippen MR) is 132 cm³/mol. The largest absolute Gasteiger partial charge is 0.486 e. The lowest BCUT2D eigenvalue weighted by Crippen LogP contribution is -2.33. The summed E-state index contributed by atoms with van der Waals surface area (Å²) in [6.45, 7) is 7.47. The van der Waals surface area contributed by atoms with Crippen LogP contribution in [0.2, 0.25) is 0 Å². The SMILES string of the molecule is CCOC.CCOC.COC[C@H]1COc2cccc(F)c2O1.COC[C@H]1COc2ccccc2O1. The number of benzene rings is 2. The fourth-order valence-corrected chi connectivity index (χ4v) is 2.70. The highest BCUT2D eigenvalue weighted by Crippen LogP contribution is 2.34. The first kappa shape index (κ1) is 30.4. The lowest BCUT2D eigenvalue weighted by atomic mass is 10.2. The van der Waals surface area contributed by atoms with Crippen LogP contribution >= 0.6 is 0 Å². The van der Waals surface area contributed by atoms with Crippen molar-refractivity contribution in [1.29, 1.82) is 0 Å². The van der Waals surface area contributed by atoms with Gasteiger partial charge in [0.1, 0.15) is 13.2 Å². The Bertz CT molecular complexity index is 797. The van der Waals surface area contributed by atoms with E-state index in [0.717, 1.165) is 24.7 Å². The van der Waals surface area contributed by atoms with E-state index in [1.807, 2.05) is 38.1 Å². The summed E-state index contributed by atoms with van der Waals surface area (Å²) < 4.78 is 54.0. The summed E-state index contributed by atoms with van der Waals surface area (Å²) in [6, 6.07) is 12.3. The second-order valence-corrected chi connectivity index (χ2v) is 7.18. The van der Waals surface area contributed by atoms with Crippen LogP contribution in [0.5, 0.6) is 23.0 Å². The zero-order chi connectivity index (χ0) is 25.9. The predicted octanol–water partition coefficient (Wildman–Crippen LogP) is 4.39. The molecule has 0 spiro atoms. The zero-order valence-electron chi connectivity index (χ0n) is 21.6. The summed E-state index contributed by atoms with van der Waals surface area (Å²) in [4.78, 5) is 0. The highest BCUT2D eigenvalue weighted by molar-refractivity contribution is 5.42. The minimum Gasteiger partial charge on any atom is -0.486 e. The van der Waals surface area contributed by atoms with E-state index >= 15 is 0 Å². The number of methoxy groups -OCH3 is 4. The van der Waals surface area contributed by atoms with Crippen LogP contribution in [-0.2, 0) is 18.9 Å². The maximum absolute atomic E-state index is 13.2. The fourth-order valence-electron chi connectivity index (χ4n) is 2.70. The molecule has 0 radical (unpaired) electrons. The molecule has 2 aliphatic heterocycles. The van der Waals surface area contributed by atoms with E-state index in [1.165, 1.54) is 6.07 Å². The van der Waals surface area contributed by atoms with Gasteiger partial charge in [-0.25, -0.2) is 4.39 Å². The van der Waals surface area contributed by atoms with E-state index < -0.39 is 5.82 Å². The van der Waals surface area contributed by atoms with Gasteiger partial charge in [0.05, 0.1) is 13.2 Å². The van der Waals surface area contributed by atoms with Gasteiger partial charge < -0.3 is 37.9 Å². The van der Waals surface area contributed by atoms with Gasteiger partial charge >= 0.3 is 0 Å². The van der Waals surface area contributed by atoms with Crippen molar-refractivity contribution < 1.29 is 42.3 Å². The molecule has 198 valence electrons. The Morgan fingerprint density at radius 1 is 0.686 bits per heavy atom. The number of para-hydroxylation sites is 3. The van der Waals surface area contributed by atoms with E-state index in [4.69, 9.17) is 28.4 Å². The highest BCUT2D eigenvalue weighted by Gasteiger charge is 2.23. The molecule has 8 nitrogen and oxygen atoms in total. The molecule has 0 aliphatic carbocycles. The first-order valence-corrected chi connectivity index (χ1v) is 11.5. The monoisotopic (exact) mass is 498 g/mol. The average Bonchev–Trinajstić information content (AvgIpc) is 2.90. The van der Waals surface area contributed by atoms with Gasteiger partial charge in [-0.15, -0.1) is 0 Å². The van der Waals surface area contributed by atoms with E-state index in [-0.39, 0.29) is 18.0 Å². The molecule has 2 aromatic carbocycles. The molecule has 0 unspecified atom stereocenters. The molecule has 0 aromatic heterocycles. The smallest absolute Gasteiger partial charge is 0.197 e. The molecule has 0 fully saturated rings. The van der Waals surface area contributed by atoms with Crippen molar-refractivity contribution in [1.82, 2.24) is 0 Å². The summed E-state index contributed by atoms with van der Waals surface area (Å²) in [7, 11) is 6.59. The molecule has 2 atom stereocenters. The molecule has 0 bridgehead atoms. The Kier molecular flexibility index (Phi) is 16.3. The Labute approximate surface area is 208 Å². The number of fused-ring (bicyclic) bond motifs is 2. The normalized spacial score (nSPS) is 16.9. The average molecular weight is 499 g/mol. The van der Waals surface area contributed by atoms with Crippen LogP contribution in [-0.4, -0.2) is 80.3 Å². The summed E-state index contributed by atoms with van der Waals surface area (Å²) in [6.07, 6.45) is -0.218. The number of rotatable bonds is 6. The van der Waals surface area contributed by atoms with Crippen molar-refractivity contribution in [2.75, 3.05) is 68.1 Å². The van der Waals surface area contributed by atoms with Crippen LogP contribution in [0.15, 0.2) is 42.5 Å². The highest BCUT2D eigenvalue weighted by atomic mass is 19.1. The van der Waals surface area contributed by atoms with Gasteiger partial charge in [-0.1, -0.05) is 18.2 Å². The molecule has 9 heteroatoms. The standard InChI is InChI=1S/C10H11FO3.C10H12O3.2C3H8O/c1-12-5-7-6-13-9-4-2-3-8(11)10(9)14-7;1-11-6-8-7-12-9-4-2-3-5-10(9)13-8;2*1-3-4-2/h2-4,7H,5-6H2,1H3;2-5,8H,6-7H2,1H3;2*3H2,1-2H3/t7-;8-;;/m00../s1. The van der Waals surface area contributed by atoms with Crippen LogP contribution < -0.4 is 18.9 Å². The maximum Gasteiger partial charge on any atom is 0.197 e. The van der Waals surface area contributed by atoms with Gasteiger partial charge in [0.25, 0.3) is 0 Å². The van der Waals surface area contributed by atoms with Crippen LogP contribution in [0.3, 0.4) is 0 Å². The first-order chi connectivity index (χ1) is 17.0.